The molecule has 0 aliphatic heterocycles. The summed E-state index contributed by atoms with van der Waals surface area (Å²) in [6.07, 6.45) is 0. The van der Waals surface area contributed by atoms with Crippen molar-refractivity contribution in [2.45, 2.75) is 0 Å². The fourth-order valence-corrected chi connectivity index (χ4v) is 1.05. The molecule has 6 heteroatoms. The van der Waals surface area contributed by atoms with Crippen LogP contribution in [0.15, 0.2) is 17.1 Å². The maximum absolute atomic E-state index is 12.8. The van der Waals surface area contributed by atoms with E-state index in [0.717, 1.165) is 12.1 Å². The van der Waals surface area contributed by atoms with E-state index in [1.165, 1.54) is 7.11 Å². The van der Waals surface area contributed by atoms with Gasteiger partial charge in [-0.2, -0.15) is 0 Å². The summed E-state index contributed by atoms with van der Waals surface area (Å²) in [5, 5.41) is 0. The molecule has 16 heavy (non-hydrogen) atoms. The van der Waals surface area contributed by atoms with Crippen molar-refractivity contribution in [3.8, 4) is 0 Å². The standard InChI is InChI=1S/C10H11F3N2O/c1-16-3-2-15-10(14)6-4-7(11)9(13)8(12)5-6/h4-5H,2-3H2,1H3,(H2,14,15). The van der Waals surface area contributed by atoms with Gasteiger partial charge >= 0.3 is 0 Å². The van der Waals surface area contributed by atoms with Crippen LogP contribution in [0.5, 0.6) is 0 Å². The first-order valence-corrected chi connectivity index (χ1v) is 4.50. The van der Waals surface area contributed by atoms with Gasteiger partial charge in [-0.1, -0.05) is 0 Å². The van der Waals surface area contributed by atoms with E-state index in [0.29, 0.717) is 6.61 Å². The number of nitrogens with zero attached hydrogens (tertiary/aromatic N) is 1. The SMILES string of the molecule is COCCN=C(N)c1cc(F)c(F)c(F)c1. The molecule has 0 amide bonds. The van der Waals surface area contributed by atoms with Crippen molar-refractivity contribution in [3.63, 3.8) is 0 Å². The van der Waals surface area contributed by atoms with E-state index in [-0.39, 0.29) is 17.9 Å². The molecule has 3 nitrogen and oxygen atoms in total. The zero-order valence-corrected chi connectivity index (χ0v) is 8.64. The van der Waals surface area contributed by atoms with Gasteiger partial charge in [0.1, 0.15) is 5.84 Å². The molecule has 0 radical (unpaired) electrons. The Hall–Kier alpha value is -1.56. The Morgan fingerprint density at radius 2 is 1.88 bits per heavy atom. The Balaban J connectivity index is 2.92. The number of benzene rings is 1. The zero-order valence-electron chi connectivity index (χ0n) is 8.64. The highest BCUT2D eigenvalue weighted by Gasteiger charge is 2.11. The third-order valence-electron chi connectivity index (χ3n) is 1.86. The van der Waals surface area contributed by atoms with Crippen LogP contribution in [0.2, 0.25) is 0 Å². The summed E-state index contributed by atoms with van der Waals surface area (Å²) < 4.78 is 43.0. The molecule has 2 N–H and O–H groups in total. The van der Waals surface area contributed by atoms with Crippen LogP contribution in [0, 0.1) is 17.5 Å². The highest BCUT2D eigenvalue weighted by molar-refractivity contribution is 5.97. The van der Waals surface area contributed by atoms with Crippen LogP contribution in [0.4, 0.5) is 13.2 Å². The monoisotopic (exact) mass is 232 g/mol. The normalized spacial score (nSPS) is 11.9. The lowest BCUT2D eigenvalue weighted by Crippen LogP contribution is -2.16. The summed E-state index contributed by atoms with van der Waals surface area (Å²) in [7, 11) is 1.49. The molecule has 1 rings (SSSR count). The number of ether oxygens (including phenoxy) is 1. The van der Waals surface area contributed by atoms with Gasteiger partial charge in [0, 0.05) is 12.7 Å². The second-order valence-electron chi connectivity index (χ2n) is 3.01. The predicted octanol–water partition coefficient (Wildman–Crippen LogP) is 1.46. The second-order valence-corrected chi connectivity index (χ2v) is 3.01. The number of methoxy groups -OCH3 is 1. The van der Waals surface area contributed by atoms with Crippen LogP contribution in [-0.4, -0.2) is 26.1 Å². The van der Waals surface area contributed by atoms with E-state index < -0.39 is 17.5 Å². The molecule has 1 aromatic rings. The van der Waals surface area contributed by atoms with Gasteiger partial charge in [0.25, 0.3) is 0 Å². The first kappa shape index (κ1) is 12.5. The maximum Gasteiger partial charge on any atom is 0.194 e. The number of amidine groups is 1. The molecule has 0 atom stereocenters. The second kappa shape index (κ2) is 5.50. The summed E-state index contributed by atoms with van der Waals surface area (Å²) in [5.74, 6) is -4.16. The quantitative estimate of drug-likeness (QED) is 0.369. The van der Waals surface area contributed by atoms with Gasteiger partial charge in [-0.15, -0.1) is 0 Å². The molecular formula is C10H11F3N2O. The molecule has 0 fully saturated rings. The Bertz CT molecular complexity index is 384. The van der Waals surface area contributed by atoms with Crippen molar-refractivity contribution in [2.75, 3.05) is 20.3 Å². The van der Waals surface area contributed by atoms with E-state index in [9.17, 15) is 13.2 Å². The molecular weight excluding hydrogens is 221 g/mol. The molecule has 88 valence electrons. The summed E-state index contributed by atoms with van der Waals surface area (Å²) in [4.78, 5) is 3.81. The molecule has 1 aromatic carbocycles. The third kappa shape index (κ3) is 2.96. The molecule has 0 saturated carbocycles. The van der Waals surface area contributed by atoms with Crippen molar-refractivity contribution in [1.82, 2.24) is 0 Å². The van der Waals surface area contributed by atoms with Gasteiger partial charge < -0.3 is 10.5 Å². The largest absolute Gasteiger partial charge is 0.384 e. The Morgan fingerprint density at radius 1 is 1.31 bits per heavy atom. The fraction of sp³-hybridized carbons (Fsp3) is 0.300. The molecule has 0 spiro atoms. The van der Waals surface area contributed by atoms with Crippen LogP contribution in [0.3, 0.4) is 0 Å². The minimum absolute atomic E-state index is 0.00695. The van der Waals surface area contributed by atoms with Crippen LogP contribution < -0.4 is 5.73 Å². The zero-order chi connectivity index (χ0) is 12.1. The smallest absolute Gasteiger partial charge is 0.194 e. The summed E-state index contributed by atoms with van der Waals surface area (Å²) in [6.45, 7) is 0.607. The van der Waals surface area contributed by atoms with Gasteiger partial charge in [0.2, 0.25) is 0 Å². The lowest BCUT2D eigenvalue weighted by atomic mass is 10.2. The van der Waals surface area contributed by atoms with Gasteiger partial charge in [-0.25, -0.2) is 13.2 Å². The number of halogens is 3. The Kier molecular flexibility index (Phi) is 4.30. The lowest BCUT2D eigenvalue weighted by Gasteiger charge is -2.03. The number of nitrogens with two attached hydrogens (primary N) is 1. The van der Waals surface area contributed by atoms with E-state index in [1.807, 2.05) is 0 Å². The molecule has 0 aliphatic rings. The minimum atomic E-state index is -1.52. The predicted molar refractivity (Wildman–Crippen MR) is 53.8 cm³/mol. The molecule has 0 unspecified atom stereocenters. The molecule has 0 bridgehead atoms. The van der Waals surface area contributed by atoms with Crippen molar-refractivity contribution >= 4 is 5.84 Å². The highest BCUT2D eigenvalue weighted by Crippen LogP contribution is 2.13. The van der Waals surface area contributed by atoms with Gasteiger partial charge in [-0.05, 0) is 12.1 Å². The third-order valence-corrected chi connectivity index (χ3v) is 1.86. The van der Waals surface area contributed by atoms with Gasteiger partial charge in [0.15, 0.2) is 17.5 Å². The topological polar surface area (TPSA) is 47.6 Å². The van der Waals surface area contributed by atoms with Crippen LogP contribution >= 0.6 is 0 Å². The van der Waals surface area contributed by atoms with Crippen LogP contribution in [0.25, 0.3) is 0 Å². The van der Waals surface area contributed by atoms with E-state index in [2.05, 4.69) is 4.99 Å². The van der Waals surface area contributed by atoms with E-state index in [1.54, 1.807) is 0 Å². The first-order chi connectivity index (χ1) is 7.56. The molecule has 0 aliphatic carbocycles. The van der Waals surface area contributed by atoms with Crippen molar-refractivity contribution in [1.29, 1.82) is 0 Å². The molecule has 0 heterocycles. The molecule has 0 saturated heterocycles. The fourth-order valence-electron chi connectivity index (χ4n) is 1.05. The maximum atomic E-state index is 12.8. The van der Waals surface area contributed by atoms with Crippen molar-refractivity contribution in [3.05, 3.63) is 35.1 Å². The van der Waals surface area contributed by atoms with Gasteiger partial charge in [-0.3, -0.25) is 4.99 Å². The average Bonchev–Trinajstić information content (AvgIpc) is 2.25. The number of aliphatic imine (C=N–C) groups is 1. The average molecular weight is 232 g/mol. The summed E-state index contributed by atoms with van der Waals surface area (Å²) in [5.41, 5.74) is 5.47. The summed E-state index contributed by atoms with van der Waals surface area (Å²) in [6, 6.07) is 1.59. The van der Waals surface area contributed by atoms with Crippen molar-refractivity contribution < 1.29 is 17.9 Å². The Morgan fingerprint density at radius 3 is 2.38 bits per heavy atom. The van der Waals surface area contributed by atoms with Gasteiger partial charge in [0.05, 0.1) is 13.2 Å². The van der Waals surface area contributed by atoms with E-state index >= 15 is 0 Å². The Labute approximate surface area is 90.7 Å². The van der Waals surface area contributed by atoms with Crippen molar-refractivity contribution in [2.24, 2.45) is 10.7 Å². The minimum Gasteiger partial charge on any atom is -0.384 e. The highest BCUT2D eigenvalue weighted by atomic mass is 19.2. The number of rotatable bonds is 4. The van der Waals surface area contributed by atoms with Crippen LogP contribution in [0.1, 0.15) is 5.56 Å². The lowest BCUT2D eigenvalue weighted by molar-refractivity contribution is 0.208. The molecule has 0 aromatic heterocycles. The number of hydrogen-bond acceptors (Lipinski definition) is 2. The summed E-state index contributed by atoms with van der Waals surface area (Å²) >= 11 is 0. The van der Waals surface area contributed by atoms with Crippen LogP contribution in [-0.2, 0) is 4.74 Å². The number of hydrogen-bond donors (Lipinski definition) is 1. The first-order valence-electron chi connectivity index (χ1n) is 4.50. The van der Waals surface area contributed by atoms with E-state index in [4.69, 9.17) is 10.5 Å².